The molecule has 1 N–H and O–H groups in total. The third-order valence-electron chi connectivity index (χ3n) is 7.38. The standard InChI is InChI=1S/C31H35Cl2N3O5S/c1-3-29(31(38)34-25-8-4-5-9-25)35(20-22-11-13-23(32)14-12-22)30(37)21-36(26-10-6-7-24(33)19-26)42(39,40)28-17-15-27(41-2)16-18-28/h6-7,10-19,25,29H,3-5,8-9,20-21H2,1-2H3,(H,34,38)/t29-/m1/s1. The van der Waals surface area contributed by atoms with E-state index in [1.807, 2.05) is 6.92 Å². The zero-order valence-electron chi connectivity index (χ0n) is 23.6. The molecule has 0 aliphatic heterocycles. The van der Waals surface area contributed by atoms with Crippen molar-refractivity contribution >= 4 is 50.7 Å². The van der Waals surface area contributed by atoms with Crippen molar-refractivity contribution < 1.29 is 22.7 Å². The van der Waals surface area contributed by atoms with E-state index in [0.29, 0.717) is 22.2 Å². The van der Waals surface area contributed by atoms with Gasteiger partial charge in [-0.25, -0.2) is 8.42 Å². The Morgan fingerprint density at radius 2 is 1.64 bits per heavy atom. The van der Waals surface area contributed by atoms with E-state index in [4.69, 9.17) is 27.9 Å². The Kier molecular flexibility index (Phi) is 10.8. The van der Waals surface area contributed by atoms with Crippen molar-refractivity contribution in [3.63, 3.8) is 0 Å². The van der Waals surface area contributed by atoms with Crippen molar-refractivity contribution in [2.24, 2.45) is 0 Å². The Hall–Kier alpha value is -3.27. The number of carbonyl (C=O) groups excluding carboxylic acids is 2. The van der Waals surface area contributed by atoms with Crippen LogP contribution in [0.1, 0.15) is 44.6 Å². The summed E-state index contributed by atoms with van der Waals surface area (Å²) in [5, 5.41) is 3.96. The topological polar surface area (TPSA) is 96.0 Å². The van der Waals surface area contributed by atoms with E-state index < -0.39 is 28.5 Å². The number of sulfonamides is 1. The molecule has 2 amide bonds. The van der Waals surface area contributed by atoms with Gasteiger partial charge in [0.2, 0.25) is 11.8 Å². The first-order chi connectivity index (χ1) is 20.1. The number of rotatable bonds is 12. The van der Waals surface area contributed by atoms with Gasteiger partial charge in [-0.3, -0.25) is 13.9 Å². The van der Waals surface area contributed by atoms with Gasteiger partial charge in [0, 0.05) is 22.6 Å². The van der Waals surface area contributed by atoms with Crippen LogP contribution in [0.15, 0.2) is 77.7 Å². The smallest absolute Gasteiger partial charge is 0.264 e. The lowest BCUT2D eigenvalue weighted by atomic mass is 10.1. The maximum atomic E-state index is 14.2. The first kappa shape index (κ1) is 31.7. The van der Waals surface area contributed by atoms with Crippen molar-refractivity contribution in [3.05, 3.63) is 88.4 Å². The Balaban J connectivity index is 1.71. The van der Waals surface area contributed by atoms with Crippen molar-refractivity contribution in [2.45, 2.75) is 62.6 Å². The highest BCUT2D eigenvalue weighted by molar-refractivity contribution is 7.92. The Morgan fingerprint density at radius 3 is 2.24 bits per heavy atom. The molecular weight excluding hydrogens is 597 g/mol. The summed E-state index contributed by atoms with van der Waals surface area (Å²) >= 11 is 12.3. The highest BCUT2D eigenvalue weighted by Gasteiger charge is 2.34. The SMILES string of the molecule is CC[C@H](C(=O)NC1CCCC1)N(Cc1ccc(Cl)cc1)C(=O)CN(c1cccc(Cl)c1)S(=O)(=O)c1ccc(OC)cc1. The van der Waals surface area contributed by atoms with Crippen LogP contribution in [0.5, 0.6) is 5.75 Å². The number of amides is 2. The van der Waals surface area contributed by atoms with E-state index in [0.717, 1.165) is 35.6 Å². The van der Waals surface area contributed by atoms with E-state index in [2.05, 4.69) is 5.32 Å². The van der Waals surface area contributed by atoms with E-state index in [9.17, 15) is 18.0 Å². The summed E-state index contributed by atoms with van der Waals surface area (Å²) in [6.07, 6.45) is 4.24. The lowest BCUT2D eigenvalue weighted by molar-refractivity contribution is -0.140. The molecule has 8 nitrogen and oxygen atoms in total. The molecule has 3 aromatic rings. The number of methoxy groups -OCH3 is 1. The number of halogens is 2. The third-order valence-corrected chi connectivity index (χ3v) is 9.65. The number of anilines is 1. The highest BCUT2D eigenvalue weighted by atomic mass is 35.5. The van der Waals surface area contributed by atoms with Crippen LogP contribution in [0.4, 0.5) is 5.69 Å². The fourth-order valence-corrected chi connectivity index (χ4v) is 6.82. The van der Waals surface area contributed by atoms with Crippen LogP contribution in [-0.2, 0) is 26.2 Å². The van der Waals surface area contributed by atoms with Crippen LogP contribution in [0.25, 0.3) is 0 Å². The van der Waals surface area contributed by atoms with Gasteiger partial charge in [-0.2, -0.15) is 0 Å². The summed E-state index contributed by atoms with van der Waals surface area (Å²) in [7, 11) is -2.73. The van der Waals surface area contributed by atoms with Crippen LogP contribution in [0.3, 0.4) is 0 Å². The minimum absolute atomic E-state index is 0.0219. The first-order valence-corrected chi connectivity index (χ1v) is 16.1. The number of nitrogens with zero attached hydrogens (tertiary/aromatic N) is 2. The molecule has 1 aliphatic carbocycles. The van der Waals surface area contributed by atoms with E-state index >= 15 is 0 Å². The van der Waals surface area contributed by atoms with Gasteiger partial charge < -0.3 is 15.0 Å². The summed E-state index contributed by atoms with van der Waals surface area (Å²) < 4.78 is 34.2. The van der Waals surface area contributed by atoms with Gasteiger partial charge >= 0.3 is 0 Å². The Labute approximate surface area is 257 Å². The maximum absolute atomic E-state index is 14.2. The lowest BCUT2D eigenvalue weighted by Crippen LogP contribution is -2.53. The van der Waals surface area contributed by atoms with Gasteiger partial charge in [-0.05, 0) is 79.4 Å². The number of hydrogen-bond donors (Lipinski definition) is 1. The molecule has 1 aliphatic rings. The normalized spacial score (nSPS) is 14.3. The van der Waals surface area contributed by atoms with Crippen molar-refractivity contribution in [1.29, 1.82) is 0 Å². The second kappa shape index (κ2) is 14.3. The number of nitrogens with one attached hydrogen (secondary N) is 1. The number of hydrogen-bond acceptors (Lipinski definition) is 5. The molecule has 42 heavy (non-hydrogen) atoms. The molecule has 0 bridgehead atoms. The molecule has 0 spiro atoms. The second-order valence-electron chi connectivity index (χ2n) is 10.2. The number of benzene rings is 3. The van der Waals surface area contributed by atoms with Crippen LogP contribution in [0.2, 0.25) is 10.0 Å². The van der Waals surface area contributed by atoms with Gasteiger partial charge in [0.1, 0.15) is 18.3 Å². The molecule has 0 aromatic heterocycles. The second-order valence-corrected chi connectivity index (χ2v) is 13.0. The molecule has 1 fully saturated rings. The zero-order valence-corrected chi connectivity index (χ0v) is 26.0. The molecule has 4 rings (SSSR count). The molecule has 1 atom stereocenters. The molecule has 224 valence electrons. The van der Waals surface area contributed by atoms with Gasteiger partial charge in [0.15, 0.2) is 0 Å². The quantitative estimate of drug-likeness (QED) is 0.262. The van der Waals surface area contributed by atoms with Crippen LogP contribution in [0, 0.1) is 0 Å². The van der Waals surface area contributed by atoms with Crippen molar-refractivity contribution in [1.82, 2.24) is 10.2 Å². The summed E-state index contributed by atoms with van der Waals surface area (Å²) in [5.74, 6) is -0.290. The van der Waals surface area contributed by atoms with E-state index in [1.54, 1.807) is 42.5 Å². The minimum atomic E-state index is -4.22. The molecular formula is C31H35Cl2N3O5S. The summed E-state index contributed by atoms with van der Waals surface area (Å²) in [6.45, 7) is 1.39. The van der Waals surface area contributed by atoms with Gasteiger partial charge in [0.25, 0.3) is 10.0 Å². The number of ether oxygens (including phenoxy) is 1. The molecule has 11 heteroatoms. The lowest BCUT2D eigenvalue weighted by Gasteiger charge is -2.33. The van der Waals surface area contributed by atoms with Crippen molar-refractivity contribution in [3.8, 4) is 5.75 Å². The zero-order chi connectivity index (χ0) is 30.3. The molecule has 0 radical (unpaired) electrons. The largest absolute Gasteiger partial charge is 0.497 e. The maximum Gasteiger partial charge on any atom is 0.264 e. The monoisotopic (exact) mass is 631 g/mol. The molecule has 0 heterocycles. The van der Waals surface area contributed by atoms with Gasteiger partial charge in [-0.15, -0.1) is 0 Å². The van der Waals surface area contributed by atoms with Gasteiger partial charge in [0.05, 0.1) is 17.7 Å². The Bertz CT molecular complexity index is 1480. The predicted octanol–water partition coefficient (Wildman–Crippen LogP) is 6.06. The minimum Gasteiger partial charge on any atom is -0.497 e. The summed E-state index contributed by atoms with van der Waals surface area (Å²) in [6, 6.07) is 18.5. The van der Waals surface area contributed by atoms with E-state index in [-0.39, 0.29) is 29.1 Å². The first-order valence-electron chi connectivity index (χ1n) is 13.9. The van der Waals surface area contributed by atoms with E-state index in [1.165, 1.54) is 42.3 Å². The highest BCUT2D eigenvalue weighted by Crippen LogP contribution is 2.28. The Morgan fingerprint density at radius 1 is 0.976 bits per heavy atom. The van der Waals surface area contributed by atoms with Crippen LogP contribution < -0.4 is 14.4 Å². The molecule has 0 unspecified atom stereocenters. The fraction of sp³-hybridized carbons (Fsp3) is 0.355. The van der Waals surface area contributed by atoms with Crippen molar-refractivity contribution in [2.75, 3.05) is 18.0 Å². The molecule has 3 aromatic carbocycles. The fourth-order valence-electron chi connectivity index (χ4n) is 5.11. The molecule has 1 saturated carbocycles. The summed E-state index contributed by atoms with van der Waals surface area (Å²) in [4.78, 5) is 29.1. The predicted molar refractivity (Wildman–Crippen MR) is 165 cm³/mol. The third kappa shape index (κ3) is 7.76. The van der Waals surface area contributed by atoms with Gasteiger partial charge in [-0.1, -0.05) is 61.2 Å². The van der Waals surface area contributed by atoms with Crippen LogP contribution >= 0.6 is 23.2 Å². The number of carbonyl (C=O) groups is 2. The average Bonchev–Trinajstić information content (AvgIpc) is 3.49. The average molecular weight is 633 g/mol. The van der Waals surface area contributed by atoms with Crippen LogP contribution in [-0.4, -0.2) is 50.9 Å². The summed E-state index contributed by atoms with van der Waals surface area (Å²) in [5.41, 5.74) is 0.980. The molecule has 0 saturated heterocycles.